The molecule has 0 aromatic rings. The number of carbonyl (C=O) groups excluding carboxylic acids is 2. The third kappa shape index (κ3) is 1.95. The summed E-state index contributed by atoms with van der Waals surface area (Å²) >= 11 is 1.92. The number of amides is 1. The fourth-order valence-corrected chi connectivity index (χ4v) is 3.35. The molecule has 2 fully saturated rings. The summed E-state index contributed by atoms with van der Waals surface area (Å²) in [5.41, 5.74) is 0. The second-order valence-corrected chi connectivity index (χ2v) is 5.56. The molecule has 0 bridgehead atoms. The molecule has 4 heteroatoms. The van der Waals surface area contributed by atoms with Gasteiger partial charge in [0.1, 0.15) is 5.78 Å². The molecule has 2 saturated heterocycles. The smallest absolute Gasteiger partial charge is 0.230 e. The molecule has 78 valence electrons. The first-order chi connectivity index (χ1) is 6.66. The summed E-state index contributed by atoms with van der Waals surface area (Å²) in [6, 6.07) is 0.385. The molecule has 0 N–H and O–H groups in total. The van der Waals surface area contributed by atoms with Crippen LogP contribution >= 0.6 is 11.8 Å². The molecular formula is C10H15NO2S. The Morgan fingerprint density at radius 1 is 1.43 bits per heavy atom. The standard InChI is InChI=1S/C10H15NO2S/c1-7-4-8(6-14-7)11-3-2-9(12)5-10(11)13/h7-8H,2-6H2,1H3. The Labute approximate surface area is 88.2 Å². The highest BCUT2D eigenvalue weighted by molar-refractivity contribution is 8.00. The minimum Gasteiger partial charge on any atom is -0.338 e. The van der Waals surface area contributed by atoms with E-state index in [0.717, 1.165) is 12.2 Å². The molecule has 0 radical (unpaired) electrons. The number of Topliss-reactive ketones (excluding diaryl/α,β-unsaturated/α-hetero) is 1. The molecule has 0 saturated carbocycles. The fraction of sp³-hybridized carbons (Fsp3) is 0.800. The second kappa shape index (κ2) is 3.93. The van der Waals surface area contributed by atoms with Crippen molar-refractivity contribution < 1.29 is 9.59 Å². The van der Waals surface area contributed by atoms with Crippen LogP contribution in [0.1, 0.15) is 26.2 Å². The Morgan fingerprint density at radius 2 is 2.21 bits per heavy atom. The van der Waals surface area contributed by atoms with Gasteiger partial charge < -0.3 is 4.90 Å². The lowest BCUT2D eigenvalue weighted by Crippen LogP contribution is -2.45. The largest absolute Gasteiger partial charge is 0.338 e. The van der Waals surface area contributed by atoms with Gasteiger partial charge in [0.05, 0.1) is 6.42 Å². The Morgan fingerprint density at radius 3 is 2.79 bits per heavy atom. The van der Waals surface area contributed by atoms with Crippen molar-refractivity contribution >= 4 is 23.5 Å². The molecule has 2 atom stereocenters. The Bertz CT molecular complexity index is 267. The summed E-state index contributed by atoms with van der Waals surface area (Å²) in [4.78, 5) is 24.6. The molecule has 3 nitrogen and oxygen atoms in total. The van der Waals surface area contributed by atoms with Crippen LogP contribution in [-0.4, -0.2) is 40.2 Å². The first-order valence-electron chi connectivity index (χ1n) is 5.09. The van der Waals surface area contributed by atoms with E-state index in [9.17, 15) is 9.59 Å². The van der Waals surface area contributed by atoms with Gasteiger partial charge >= 0.3 is 0 Å². The molecule has 2 heterocycles. The van der Waals surface area contributed by atoms with E-state index in [1.165, 1.54) is 0 Å². The van der Waals surface area contributed by atoms with Crippen molar-refractivity contribution in [3.8, 4) is 0 Å². The van der Waals surface area contributed by atoms with E-state index >= 15 is 0 Å². The van der Waals surface area contributed by atoms with Gasteiger partial charge in [-0.15, -0.1) is 0 Å². The van der Waals surface area contributed by atoms with Crippen molar-refractivity contribution in [2.45, 2.75) is 37.5 Å². The van der Waals surface area contributed by atoms with Crippen LogP contribution in [0, 0.1) is 0 Å². The maximum absolute atomic E-state index is 11.6. The zero-order valence-electron chi connectivity index (χ0n) is 8.36. The number of piperidine rings is 1. The van der Waals surface area contributed by atoms with Crippen LogP contribution in [0.4, 0.5) is 0 Å². The SMILES string of the molecule is CC1CC(N2CCC(=O)CC2=O)CS1. The highest BCUT2D eigenvalue weighted by atomic mass is 32.2. The van der Waals surface area contributed by atoms with Crippen LogP contribution in [0.2, 0.25) is 0 Å². The predicted octanol–water partition coefficient (Wildman–Crippen LogP) is 1.07. The van der Waals surface area contributed by atoms with Crippen LogP contribution in [0.25, 0.3) is 0 Å². The van der Waals surface area contributed by atoms with Gasteiger partial charge in [-0.25, -0.2) is 0 Å². The first kappa shape index (κ1) is 10.0. The van der Waals surface area contributed by atoms with Gasteiger partial charge in [-0.2, -0.15) is 11.8 Å². The van der Waals surface area contributed by atoms with Crippen LogP contribution < -0.4 is 0 Å². The summed E-state index contributed by atoms with van der Waals surface area (Å²) < 4.78 is 0. The fourth-order valence-electron chi connectivity index (χ4n) is 2.13. The third-order valence-corrected chi connectivity index (χ3v) is 4.26. The lowest BCUT2D eigenvalue weighted by molar-refractivity contribution is -0.141. The van der Waals surface area contributed by atoms with E-state index in [4.69, 9.17) is 0 Å². The van der Waals surface area contributed by atoms with Gasteiger partial charge in [0.2, 0.25) is 5.91 Å². The molecule has 2 unspecified atom stereocenters. The number of hydrogen-bond donors (Lipinski definition) is 0. The highest BCUT2D eigenvalue weighted by Gasteiger charge is 2.33. The van der Waals surface area contributed by atoms with Gasteiger partial charge in [0.25, 0.3) is 0 Å². The van der Waals surface area contributed by atoms with E-state index in [1.807, 2.05) is 16.7 Å². The number of rotatable bonds is 1. The summed E-state index contributed by atoms with van der Waals surface area (Å²) in [7, 11) is 0. The molecule has 1 amide bonds. The molecule has 2 aliphatic rings. The topological polar surface area (TPSA) is 37.4 Å². The molecule has 0 spiro atoms. The summed E-state index contributed by atoms with van der Waals surface area (Å²) in [5.74, 6) is 1.19. The first-order valence-corrected chi connectivity index (χ1v) is 6.14. The summed E-state index contributed by atoms with van der Waals surface area (Å²) in [6.07, 6.45) is 1.78. The van der Waals surface area contributed by atoms with E-state index in [2.05, 4.69) is 6.92 Å². The van der Waals surface area contributed by atoms with Crippen LogP contribution in [0.5, 0.6) is 0 Å². The quantitative estimate of drug-likeness (QED) is 0.611. The zero-order chi connectivity index (χ0) is 10.1. The average molecular weight is 213 g/mol. The summed E-state index contributed by atoms with van der Waals surface area (Å²) in [5, 5.41) is 0.658. The average Bonchev–Trinajstić information content (AvgIpc) is 2.51. The zero-order valence-corrected chi connectivity index (χ0v) is 9.18. The van der Waals surface area contributed by atoms with Crippen LogP contribution in [0.3, 0.4) is 0 Å². The Balaban J connectivity index is 1.97. The van der Waals surface area contributed by atoms with Crippen molar-refractivity contribution in [2.24, 2.45) is 0 Å². The molecule has 0 aromatic heterocycles. The minimum absolute atomic E-state index is 0.0425. The molecule has 0 aromatic carbocycles. The van der Waals surface area contributed by atoms with Crippen molar-refractivity contribution in [3.05, 3.63) is 0 Å². The van der Waals surface area contributed by atoms with Crippen molar-refractivity contribution in [1.29, 1.82) is 0 Å². The maximum Gasteiger partial charge on any atom is 0.230 e. The second-order valence-electron chi connectivity index (χ2n) is 4.09. The number of ketones is 1. The van der Waals surface area contributed by atoms with Gasteiger partial charge in [0.15, 0.2) is 0 Å². The van der Waals surface area contributed by atoms with Crippen molar-refractivity contribution in [2.75, 3.05) is 12.3 Å². The Hall–Kier alpha value is -0.510. The lowest BCUT2D eigenvalue weighted by Gasteiger charge is -2.31. The molecule has 2 aliphatic heterocycles. The van der Waals surface area contributed by atoms with Gasteiger partial charge in [-0.1, -0.05) is 6.92 Å². The lowest BCUT2D eigenvalue weighted by atomic mass is 10.0. The predicted molar refractivity (Wildman–Crippen MR) is 56.3 cm³/mol. The number of nitrogens with zero attached hydrogens (tertiary/aromatic N) is 1. The number of carbonyl (C=O) groups is 2. The van der Waals surface area contributed by atoms with Gasteiger partial charge in [-0.3, -0.25) is 9.59 Å². The number of hydrogen-bond acceptors (Lipinski definition) is 3. The van der Waals surface area contributed by atoms with E-state index in [0.29, 0.717) is 24.3 Å². The summed E-state index contributed by atoms with van der Waals surface area (Å²) in [6.45, 7) is 2.85. The third-order valence-electron chi connectivity index (χ3n) is 2.92. The van der Waals surface area contributed by atoms with E-state index in [-0.39, 0.29) is 18.1 Å². The monoisotopic (exact) mass is 213 g/mol. The molecule has 14 heavy (non-hydrogen) atoms. The van der Waals surface area contributed by atoms with Crippen molar-refractivity contribution in [3.63, 3.8) is 0 Å². The van der Waals surface area contributed by atoms with Crippen molar-refractivity contribution in [1.82, 2.24) is 4.90 Å². The van der Waals surface area contributed by atoms with Crippen LogP contribution in [-0.2, 0) is 9.59 Å². The number of likely N-dealkylation sites (tertiary alicyclic amines) is 1. The minimum atomic E-state index is 0.0425. The van der Waals surface area contributed by atoms with Gasteiger partial charge in [0, 0.05) is 30.0 Å². The molecule has 2 rings (SSSR count). The highest BCUT2D eigenvalue weighted by Crippen LogP contribution is 2.30. The normalized spacial score (nSPS) is 33.9. The van der Waals surface area contributed by atoms with Gasteiger partial charge in [-0.05, 0) is 6.42 Å². The van der Waals surface area contributed by atoms with Crippen LogP contribution in [0.15, 0.2) is 0 Å². The van der Waals surface area contributed by atoms with E-state index < -0.39 is 0 Å². The Kier molecular flexibility index (Phi) is 2.81. The van der Waals surface area contributed by atoms with E-state index in [1.54, 1.807) is 0 Å². The molecule has 0 aliphatic carbocycles. The maximum atomic E-state index is 11.6. The number of thioether (sulfide) groups is 1. The molecular weight excluding hydrogens is 198 g/mol.